The van der Waals surface area contributed by atoms with Crippen LogP contribution in [0.2, 0.25) is 0 Å². The molecule has 144 valence electrons. The number of nitrogens with zero attached hydrogens (tertiary/aromatic N) is 3. The molecule has 0 saturated heterocycles. The summed E-state index contributed by atoms with van der Waals surface area (Å²) in [6.45, 7) is 2.25. The average molecular weight is 369 g/mol. The highest BCUT2D eigenvalue weighted by Gasteiger charge is 2.22. The molecule has 7 heteroatoms. The number of carbonyl (C=O) groups is 2. The first-order valence-electron chi connectivity index (χ1n) is 9.63. The zero-order valence-electron chi connectivity index (χ0n) is 15.7. The van der Waals surface area contributed by atoms with Gasteiger partial charge in [-0.1, -0.05) is 25.3 Å². The van der Waals surface area contributed by atoms with Crippen LogP contribution in [0.4, 0.5) is 0 Å². The molecule has 0 aromatic carbocycles. The fraction of sp³-hybridized carbons (Fsp3) is 0.500. The lowest BCUT2D eigenvalue weighted by molar-refractivity contribution is -0.127. The summed E-state index contributed by atoms with van der Waals surface area (Å²) in [6.07, 6.45) is 12.5. The first kappa shape index (κ1) is 19.1. The van der Waals surface area contributed by atoms with E-state index in [-0.39, 0.29) is 30.2 Å². The number of amides is 2. The SMILES string of the molecule is CC(CC(=O)NCc1cccnc1-n1ccnc1)NC(=O)C1CCCCC1. The molecule has 0 aliphatic heterocycles. The Morgan fingerprint density at radius 3 is 2.81 bits per heavy atom. The van der Waals surface area contributed by atoms with Gasteiger partial charge in [-0.25, -0.2) is 9.97 Å². The Morgan fingerprint density at radius 1 is 1.26 bits per heavy atom. The molecule has 0 radical (unpaired) electrons. The smallest absolute Gasteiger partial charge is 0.223 e. The molecular weight excluding hydrogens is 342 g/mol. The van der Waals surface area contributed by atoms with Crippen LogP contribution in [0.3, 0.4) is 0 Å². The molecule has 1 atom stereocenters. The van der Waals surface area contributed by atoms with Crippen molar-refractivity contribution in [3.8, 4) is 5.82 Å². The first-order valence-corrected chi connectivity index (χ1v) is 9.63. The molecule has 3 rings (SSSR count). The van der Waals surface area contributed by atoms with Crippen molar-refractivity contribution in [1.82, 2.24) is 25.2 Å². The number of nitrogens with one attached hydrogen (secondary N) is 2. The van der Waals surface area contributed by atoms with E-state index in [9.17, 15) is 9.59 Å². The van der Waals surface area contributed by atoms with Crippen LogP contribution in [0.1, 0.15) is 51.0 Å². The Bertz CT molecular complexity index is 753. The Morgan fingerprint density at radius 2 is 2.07 bits per heavy atom. The van der Waals surface area contributed by atoms with Gasteiger partial charge in [0.25, 0.3) is 0 Å². The number of carbonyl (C=O) groups excluding carboxylic acids is 2. The topological polar surface area (TPSA) is 88.9 Å². The summed E-state index contributed by atoms with van der Waals surface area (Å²) in [6, 6.07) is 3.59. The molecule has 1 aliphatic carbocycles. The molecule has 2 aromatic rings. The third kappa shape index (κ3) is 5.39. The number of hydrogen-bond acceptors (Lipinski definition) is 4. The van der Waals surface area contributed by atoms with Gasteiger partial charge >= 0.3 is 0 Å². The second kappa shape index (κ2) is 9.30. The van der Waals surface area contributed by atoms with Gasteiger partial charge in [-0.15, -0.1) is 0 Å². The van der Waals surface area contributed by atoms with Gasteiger partial charge in [-0.2, -0.15) is 0 Å². The van der Waals surface area contributed by atoms with Crippen molar-refractivity contribution in [3.05, 3.63) is 42.6 Å². The monoisotopic (exact) mass is 369 g/mol. The minimum absolute atomic E-state index is 0.0876. The van der Waals surface area contributed by atoms with Crippen molar-refractivity contribution in [2.24, 2.45) is 5.92 Å². The number of rotatable bonds is 7. The van der Waals surface area contributed by atoms with Crippen molar-refractivity contribution in [2.75, 3.05) is 0 Å². The molecule has 0 spiro atoms. The largest absolute Gasteiger partial charge is 0.353 e. The molecule has 1 unspecified atom stereocenters. The van der Waals surface area contributed by atoms with E-state index in [0.29, 0.717) is 6.54 Å². The van der Waals surface area contributed by atoms with Crippen LogP contribution in [0.25, 0.3) is 5.82 Å². The van der Waals surface area contributed by atoms with Crippen LogP contribution in [-0.2, 0) is 16.1 Å². The molecule has 7 nitrogen and oxygen atoms in total. The zero-order chi connectivity index (χ0) is 19.1. The van der Waals surface area contributed by atoms with Crippen LogP contribution in [0.5, 0.6) is 0 Å². The number of imidazole rings is 1. The molecule has 0 bridgehead atoms. The Kier molecular flexibility index (Phi) is 6.57. The van der Waals surface area contributed by atoms with E-state index < -0.39 is 0 Å². The number of aromatic nitrogens is 3. The van der Waals surface area contributed by atoms with Gasteiger partial charge in [0.15, 0.2) is 0 Å². The summed E-state index contributed by atoms with van der Waals surface area (Å²) >= 11 is 0. The predicted molar refractivity (Wildman–Crippen MR) is 102 cm³/mol. The van der Waals surface area contributed by atoms with Crippen LogP contribution in [0.15, 0.2) is 37.1 Å². The van der Waals surface area contributed by atoms with E-state index in [1.165, 1.54) is 6.42 Å². The van der Waals surface area contributed by atoms with E-state index in [1.54, 1.807) is 18.7 Å². The fourth-order valence-electron chi connectivity index (χ4n) is 3.51. The molecule has 2 amide bonds. The van der Waals surface area contributed by atoms with Crippen LogP contribution in [-0.4, -0.2) is 32.4 Å². The molecule has 2 N–H and O–H groups in total. The van der Waals surface area contributed by atoms with Gasteiger partial charge in [0.1, 0.15) is 12.1 Å². The standard InChI is InChI=1S/C20H27N5O2/c1-15(24-20(27)16-6-3-2-4-7-16)12-18(26)23-13-17-8-5-9-22-19(17)25-11-10-21-14-25/h5,8-11,14-16H,2-4,6-7,12-13H2,1H3,(H,23,26)(H,24,27). The summed E-state index contributed by atoms with van der Waals surface area (Å²) in [5.74, 6) is 0.850. The molecule has 2 aromatic heterocycles. The summed E-state index contributed by atoms with van der Waals surface area (Å²) in [5.41, 5.74) is 0.905. The lowest BCUT2D eigenvalue weighted by Gasteiger charge is -2.23. The highest BCUT2D eigenvalue weighted by Crippen LogP contribution is 2.23. The average Bonchev–Trinajstić information content (AvgIpc) is 3.22. The predicted octanol–water partition coefficient (Wildman–Crippen LogP) is 2.36. The second-order valence-corrected chi connectivity index (χ2v) is 7.18. The minimum atomic E-state index is -0.179. The van der Waals surface area contributed by atoms with Gasteiger partial charge in [0.2, 0.25) is 11.8 Å². The third-order valence-corrected chi connectivity index (χ3v) is 4.95. The quantitative estimate of drug-likeness (QED) is 0.784. The van der Waals surface area contributed by atoms with E-state index in [0.717, 1.165) is 37.1 Å². The van der Waals surface area contributed by atoms with Crippen molar-refractivity contribution < 1.29 is 9.59 Å². The summed E-state index contributed by atoms with van der Waals surface area (Å²) in [4.78, 5) is 33.0. The number of pyridine rings is 1. The van der Waals surface area contributed by atoms with Crippen molar-refractivity contribution in [2.45, 2.75) is 58.0 Å². The molecule has 1 aliphatic rings. The van der Waals surface area contributed by atoms with Gasteiger partial charge in [0, 0.05) is 49.1 Å². The lowest BCUT2D eigenvalue weighted by atomic mass is 9.88. The Balaban J connectivity index is 1.48. The van der Waals surface area contributed by atoms with Crippen molar-refractivity contribution in [1.29, 1.82) is 0 Å². The summed E-state index contributed by atoms with van der Waals surface area (Å²) in [7, 11) is 0. The summed E-state index contributed by atoms with van der Waals surface area (Å²) < 4.78 is 1.81. The fourth-order valence-corrected chi connectivity index (χ4v) is 3.51. The molecule has 27 heavy (non-hydrogen) atoms. The van der Waals surface area contributed by atoms with E-state index in [4.69, 9.17) is 0 Å². The van der Waals surface area contributed by atoms with Gasteiger partial charge in [-0.05, 0) is 25.8 Å². The second-order valence-electron chi connectivity index (χ2n) is 7.18. The minimum Gasteiger partial charge on any atom is -0.353 e. The maximum atomic E-state index is 12.3. The molecule has 1 saturated carbocycles. The lowest BCUT2D eigenvalue weighted by Crippen LogP contribution is -2.40. The first-order chi connectivity index (χ1) is 13.1. The molecule has 1 fully saturated rings. The highest BCUT2D eigenvalue weighted by molar-refractivity contribution is 5.81. The summed E-state index contributed by atoms with van der Waals surface area (Å²) in [5, 5.41) is 5.91. The highest BCUT2D eigenvalue weighted by atomic mass is 16.2. The van der Waals surface area contributed by atoms with Gasteiger partial charge in [0.05, 0.1) is 0 Å². The van der Waals surface area contributed by atoms with Gasteiger partial charge in [-0.3, -0.25) is 14.2 Å². The van der Waals surface area contributed by atoms with E-state index >= 15 is 0 Å². The van der Waals surface area contributed by atoms with Gasteiger partial charge < -0.3 is 10.6 Å². The molecular formula is C20H27N5O2. The third-order valence-electron chi connectivity index (χ3n) is 4.95. The van der Waals surface area contributed by atoms with E-state index in [2.05, 4.69) is 20.6 Å². The van der Waals surface area contributed by atoms with Crippen LogP contribution in [0, 0.1) is 5.92 Å². The van der Waals surface area contributed by atoms with Crippen LogP contribution < -0.4 is 10.6 Å². The van der Waals surface area contributed by atoms with Crippen LogP contribution >= 0.6 is 0 Å². The Hall–Kier alpha value is -2.70. The molecule has 2 heterocycles. The Labute approximate surface area is 159 Å². The van der Waals surface area contributed by atoms with Crippen molar-refractivity contribution >= 4 is 11.8 Å². The maximum absolute atomic E-state index is 12.3. The van der Waals surface area contributed by atoms with E-state index in [1.807, 2.05) is 29.8 Å². The number of hydrogen-bond donors (Lipinski definition) is 2. The zero-order valence-corrected chi connectivity index (χ0v) is 15.7. The van der Waals surface area contributed by atoms with Crippen molar-refractivity contribution in [3.63, 3.8) is 0 Å². The normalized spacial score (nSPS) is 15.9. The maximum Gasteiger partial charge on any atom is 0.223 e.